The first-order valence-electron chi connectivity index (χ1n) is 4.53. The summed E-state index contributed by atoms with van der Waals surface area (Å²) in [5, 5.41) is 17.6. The van der Waals surface area contributed by atoms with Crippen LogP contribution < -0.4 is 4.90 Å². The van der Waals surface area contributed by atoms with Gasteiger partial charge in [-0.05, 0) is 31.2 Å². The number of hydrogen-bond donors (Lipinski definition) is 1. The van der Waals surface area contributed by atoms with Crippen LogP contribution in [0.4, 0.5) is 5.69 Å². The Morgan fingerprint density at radius 2 is 2.00 bits per heavy atom. The highest BCUT2D eigenvalue weighted by Crippen LogP contribution is 2.15. The van der Waals surface area contributed by atoms with Crippen molar-refractivity contribution in [2.45, 2.75) is 13.0 Å². The van der Waals surface area contributed by atoms with Gasteiger partial charge in [-0.1, -0.05) is 0 Å². The summed E-state index contributed by atoms with van der Waals surface area (Å²) in [5.74, 6) is 0. The zero-order valence-electron chi connectivity index (χ0n) is 8.44. The maximum Gasteiger partial charge on any atom is 0.0991 e. The second-order valence-electron chi connectivity index (χ2n) is 3.30. The fourth-order valence-electron chi connectivity index (χ4n) is 1.15. The summed E-state index contributed by atoms with van der Waals surface area (Å²) >= 11 is 0. The van der Waals surface area contributed by atoms with Gasteiger partial charge in [0.25, 0.3) is 0 Å². The second kappa shape index (κ2) is 4.64. The molecule has 0 aliphatic rings. The number of nitrogens with zero attached hydrogens (tertiary/aromatic N) is 2. The molecule has 0 spiro atoms. The highest BCUT2D eigenvalue weighted by molar-refractivity contribution is 5.49. The Hall–Kier alpha value is -1.53. The Labute approximate surface area is 84.2 Å². The van der Waals surface area contributed by atoms with Gasteiger partial charge in [-0.3, -0.25) is 0 Å². The van der Waals surface area contributed by atoms with Gasteiger partial charge in [-0.15, -0.1) is 0 Å². The van der Waals surface area contributed by atoms with Crippen LogP contribution in [-0.2, 0) is 0 Å². The van der Waals surface area contributed by atoms with Crippen LogP contribution in [0.25, 0.3) is 0 Å². The van der Waals surface area contributed by atoms with Crippen molar-refractivity contribution in [1.29, 1.82) is 5.26 Å². The summed E-state index contributed by atoms with van der Waals surface area (Å²) in [6, 6.07) is 9.46. The van der Waals surface area contributed by atoms with Crippen LogP contribution in [0.1, 0.15) is 12.5 Å². The Bertz CT molecular complexity index is 326. The molecule has 1 rings (SSSR count). The third-order valence-corrected chi connectivity index (χ3v) is 2.33. The van der Waals surface area contributed by atoms with Crippen LogP contribution in [0.2, 0.25) is 0 Å². The largest absolute Gasteiger partial charge is 0.394 e. The average Bonchev–Trinajstić information content (AvgIpc) is 2.27. The van der Waals surface area contributed by atoms with E-state index in [2.05, 4.69) is 6.07 Å². The van der Waals surface area contributed by atoms with Crippen LogP contribution in [-0.4, -0.2) is 24.8 Å². The molecule has 1 unspecified atom stereocenters. The molecule has 14 heavy (non-hydrogen) atoms. The van der Waals surface area contributed by atoms with E-state index in [0.29, 0.717) is 5.56 Å². The Morgan fingerprint density at radius 3 is 2.43 bits per heavy atom. The van der Waals surface area contributed by atoms with Gasteiger partial charge in [-0.25, -0.2) is 0 Å². The molecule has 74 valence electrons. The summed E-state index contributed by atoms with van der Waals surface area (Å²) in [6.45, 7) is 2.06. The van der Waals surface area contributed by atoms with E-state index in [1.54, 1.807) is 12.1 Å². The van der Waals surface area contributed by atoms with Gasteiger partial charge >= 0.3 is 0 Å². The van der Waals surface area contributed by atoms with Gasteiger partial charge < -0.3 is 10.0 Å². The number of nitriles is 1. The van der Waals surface area contributed by atoms with Crippen LogP contribution in [0.5, 0.6) is 0 Å². The molecule has 1 aromatic carbocycles. The van der Waals surface area contributed by atoms with Crippen LogP contribution in [0, 0.1) is 11.3 Å². The van der Waals surface area contributed by atoms with Gasteiger partial charge in [0.15, 0.2) is 0 Å². The Balaban J connectivity index is 2.82. The van der Waals surface area contributed by atoms with Crippen molar-refractivity contribution in [3.05, 3.63) is 29.8 Å². The van der Waals surface area contributed by atoms with Crippen molar-refractivity contribution >= 4 is 5.69 Å². The van der Waals surface area contributed by atoms with Gasteiger partial charge in [-0.2, -0.15) is 5.26 Å². The summed E-state index contributed by atoms with van der Waals surface area (Å²) in [4.78, 5) is 1.97. The zero-order chi connectivity index (χ0) is 10.6. The Kier molecular flexibility index (Phi) is 3.49. The van der Waals surface area contributed by atoms with Crippen molar-refractivity contribution < 1.29 is 5.11 Å². The lowest BCUT2D eigenvalue weighted by Crippen LogP contribution is -2.31. The highest BCUT2D eigenvalue weighted by atomic mass is 16.3. The summed E-state index contributed by atoms with van der Waals surface area (Å²) in [5.41, 5.74) is 1.66. The van der Waals surface area contributed by atoms with Crippen LogP contribution in [0.3, 0.4) is 0 Å². The fraction of sp³-hybridized carbons (Fsp3) is 0.364. The highest BCUT2D eigenvalue weighted by Gasteiger charge is 2.07. The standard InChI is InChI=1S/C11H14N2O/c1-9(8-14)13(2)11-5-3-10(7-12)4-6-11/h3-6,9,14H,8H2,1-2H3. The molecule has 0 saturated heterocycles. The molecule has 0 heterocycles. The second-order valence-corrected chi connectivity index (χ2v) is 3.30. The number of anilines is 1. The van der Waals surface area contributed by atoms with Gasteiger partial charge in [0.2, 0.25) is 0 Å². The maximum absolute atomic E-state index is 8.97. The minimum absolute atomic E-state index is 0.0861. The topological polar surface area (TPSA) is 47.3 Å². The number of benzene rings is 1. The molecule has 3 nitrogen and oxygen atoms in total. The zero-order valence-corrected chi connectivity index (χ0v) is 8.44. The number of rotatable bonds is 3. The average molecular weight is 190 g/mol. The quantitative estimate of drug-likeness (QED) is 0.783. The molecular formula is C11H14N2O. The number of likely N-dealkylation sites (N-methyl/N-ethyl adjacent to an activating group) is 1. The third kappa shape index (κ3) is 2.24. The van der Waals surface area contributed by atoms with Gasteiger partial charge in [0, 0.05) is 18.8 Å². The monoisotopic (exact) mass is 190 g/mol. The molecule has 1 N–H and O–H groups in total. The van der Waals surface area contributed by atoms with Crippen molar-refractivity contribution in [3.8, 4) is 6.07 Å². The fourth-order valence-corrected chi connectivity index (χ4v) is 1.15. The minimum Gasteiger partial charge on any atom is -0.394 e. The summed E-state index contributed by atoms with van der Waals surface area (Å²) in [7, 11) is 1.92. The number of aliphatic hydroxyl groups excluding tert-OH is 1. The molecular weight excluding hydrogens is 176 g/mol. The number of aliphatic hydroxyl groups is 1. The third-order valence-electron chi connectivity index (χ3n) is 2.33. The van der Waals surface area contributed by atoms with E-state index < -0.39 is 0 Å². The van der Waals surface area contributed by atoms with Crippen molar-refractivity contribution in [3.63, 3.8) is 0 Å². The number of hydrogen-bond acceptors (Lipinski definition) is 3. The van der Waals surface area contributed by atoms with Gasteiger partial charge in [0.1, 0.15) is 0 Å². The van der Waals surface area contributed by atoms with Crippen molar-refractivity contribution in [2.24, 2.45) is 0 Å². The van der Waals surface area contributed by atoms with E-state index in [4.69, 9.17) is 10.4 Å². The van der Waals surface area contributed by atoms with E-state index in [1.165, 1.54) is 0 Å². The van der Waals surface area contributed by atoms with E-state index >= 15 is 0 Å². The Morgan fingerprint density at radius 1 is 1.43 bits per heavy atom. The normalized spacial score (nSPS) is 11.9. The van der Waals surface area contributed by atoms with Crippen LogP contribution >= 0.6 is 0 Å². The lowest BCUT2D eigenvalue weighted by atomic mass is 10.2. The summed E-state index contributed by atoms with van der Waals surface area (Å²) < 4.78 is 0. The van der Waals surface area contributed by atoms with Crippen molar-refractivity contribution in [1.82, 2.24) is 0 Å². The molecule has 0 aromatic heterocycles. The SMILES string of the molecule is CC(CO)N(C)c1ccc(C#N)cc1. The maximum atomic E-state index is 8.97. The molecule has 1 atom stereocenters. The first-order chi connectivity index (χ1) is 6.69. The van der Waals surface area contributed by atoms with Crippen LogP contribution in [0.15, 0.2) is 24.3 Å². The first kappa shape index (κ1) is 10.6. The van der Waals surface area contributed by atoms with E-state index in [9.17, 15) is 0 Å². The molecule has 0 amide bonds. The molecule has 0 saturated carbocycles. The lowest BCUT2D eigenvalue weighted by molar-refractivity contribution is 0.270. The molecule has 0 fully saturated rings. The molecule has 0 bridgehead atoms. The molecule has 1 aromatic rings. The predicted molar refractivity (Wildman–Crippen MR) is 56.1 cm³/mol. The molecule has 0 aliphatic heterocycles. The predicted octanol–water partition coefficient (Wildman–Crippen LogP) is 1.38. The molecule has 0 aliphatic carbocycles. The van der Waals surface area contributed by atoms with E-state index in [-0.39, 0.29) is 12.6 Å². The molecule has 0 radical (unpaired) electrons. The van der Waals surface area contributed by atoms with E-state index in [0.717, 1.165) is 5.69 Å². The first-order valence-corrected chi connectivity index (χ1v) is 4.53. The van der Waals surface area contributed by atoms with Gasteiger partial charge in [0.05, 0.1) is 18.2 Å². The van der Waals surface area contributed by atoms with Crippen molar-refractivity contribution in [2.75, 3.05) is 18.6 Å². The van der Waals surface area contributed by atoms with E-state index in [1.807, 2.05) is 31.0 Å². The summed E-state index contributed by atoms with van der Waals surface area (Å²) in [6.07, 6.45) is 0. The molecule has 3 heteroatoms. The lowest BCUT2D eigenvalue weighted by Gasteiger charge is -2.25. The smallest absolute Gasteiger partial charge is 0.0991 e. The minimum atomic E-state index is 0.0861.